The summed E-state index contributed by atoms with van der Waals surface area (Å²) in [5, 5.41) is 8.12. The number of hydrogen-bond acceptors (Lipinski definition) is 3. The van der Waals surface area contributed by atoms with E-state index in [0.717, 1.165) is 12.2 Å². The molecule has 1 N–H and O–H groups in total. The van der Waals surface area contributed by atoms with Crippen LogP contribution >= 0.6 is 11.8 Å². The zero-order chi connectivity index (χ0) is 7.98. The first kappa shape index (κ1) is 9.49. The van der Waals surface area contributed by atoms with Gasteiger partial charge in [-0.2, -0.15) is 11.8 Å². The van der Waals surface area contributed by atoms with Gasteiger partial charge in [0, 0.05) is 0 Å². The molecule has 3 nitrogen and oxygen atoms in total. The van der Waals surface area contributed by atoms with Gasteiger partial charge >= 0.3 is 5.97 Å². The van der Waals surface area contributed by atoms with Crippen LogP contribution in [0.15, 0.2) is 0 Å². The molecule has 0 aliphatic rings. The van der Waals surface area contributed by atoms with Crippen LogP contribution in [0.5, 0.6) is 0 Å². The second kappa shape index (κ2) is 5.29. The Morgan fingerprint density at radius 2 is 2.10 bits per heavy atom. The van der Waals surface area contributed by atoms with E-state index >= 15 is 0 Å². The summed E-state index contributed by atoms with van der Waals surface area (Å²) >= 11 is 1.36. The number of hydrogen-bond donors (Lipinski definition) is 1. The molecule has 0 spiro atoms. The topological polar surface area (TPSA) is 54.4 Å². The van der Waals surface area contributed by atoms with Gasteiger partial charge in [-0.15, -0.1) is 0 Å². The molecule has 58 valence electrons. The van der Waals surface area contributed by atoms with Crippen LogP contribution < -0.4 is 0 Å². The van der Waals surface area contributed by atoms with Gasteiger partial charge in [0.1, 0.15) is 0 Å². The molecule has 0 rings (SSSR count). The number of aliphatic carboxylic acids is 1. The van der Waals surface area contributed by atoms with Crippen molar-refractivity contribution in [3.05, 3.63) is 0 Å². The van der Waals surface area contributed by atoms with Gasteiger partial charge in [-0.05, 0) is 12.2 Å². The predicted molar refractivity (Wildman–Crippen MR) is 40.3 cm³/mol. The molecule has 10 heavy (non-hydrogen) atoms. The molecule has 0 radical (unpaired) electrons. The van der Waals surface area contributed by atoms with Crippen molar-refractivity contribution in [2.24, 2.45) is 0 Å². The normalized spacial score (nSPS) is 9.30. The van der Waals surface area contributed by atoms with Crippen molar-refractivity contribution < 1.29 is 14.7 Å². The molecule has 0 saturated heterocycles. The van der Waals surface area contributed by atoms with Gasteiger partial charge in [-0.3, -0.25) is 4.79 Å². The van der Waals surface area contributed by atoms with Crippen molar-refractivity contribution in [3.63, 3.8) is 0 Å². The maximum absolute atomic E-state index is 10.4. The van der Waals surface area contributed by atoms with E-state index in [4.69, 9.17) is 5.11 Å². The average Bonchev–Trinajstić information content (AvgIpc) is 1.88. The van der Waals surface area contributed by atoms with Crippen LogP contribution in [0.25, 0.3) is 0 Å². The molecule has 0 aliphatic heterocycles. The quantitative estimate of drug-likeness (QED) is 0.479. The number of carboxylic acid groups (broad SMARTS) is 1. The number of carboxylic acids is 1. The third kappa shape index (κ3) is 4.38. The maximum atomic E-state index is 10.4. The summed E-state index contributed by atoms with van der Waals surface area (Å²) in [5.41, 5.74) is 0. The number of rotatable bonds is 5. The zero-order valence-corrected chi connectivity index (χ0v) is 6.61. The fourth-order valence-corrected chi connectivity index (χ4v) is 1.11. The van der Waals surface area contributed by atoms with E-state index in [1.165, 1.54) is 11.8 Å². The number of thioether (sulfide) groups is 1. The third-order valence-corrected chi connectivity index (χ3v) is 1.98. The highest BCUT2D eigenvalue weighted by molar-refractivity contribution is 8.00. The van der Waals surface area contributed by atoms with E-state index < -0.39 is 11.8 Å². The smallest absolute Gasteiger partial charge is 0.373 e. The van der Waals surface area contributed by atoms with Crippen LogP contribution in [-0.2, 0) is 9.59 Å². The molecule has 0 amide bonds. The first-order valence-electron chi connectivity index (χ1n) is 3.02. The standard InChI is InChI=1S/C6H10O3S/c1-2-3-10-4-5(7)6(8)9/h2-4H2,1H3,(H,8,9). The molecule has 0 aliphatic carbocycles. The number of Topliss-reactive ketones (excluding diaryl/α,β-unsaturated/α-hetero) is 1. The molecular weight excluding hydrogens is 152 g/mol. The molecular formula is C6H10O3S. The van der Waals surface area contributed by atoms with Crippen molar-refractivity contribution in [2.45, 2.75) is 13.3 Å². The van der Waals surface area contributed by atoms with E-state index in [1.807, 2.05) is 6.92 Å². The fourth-order valence-electron chi connectivity index (χ4n) is 0.371. The molecule has 0 atom stereocenters. The summed E-state index contributed by atoms with van der Waals surface area (Å²) < 4.78 is 0. The Kier molecular flexibility index (Phi) is 5.02. The first-order valence-corrected chi connectivity index (χ1v) is 4.17. The summed E-state index contributed by atoms with van der Waals surface area (Å²) in [7, 11) is 0. The molecule has 0 aromatic carbocycles. The van der Waals surface area contributed by atoms with Gasteiger partial charge in [0.25, 0.3) is 0 Å². The molecule has 0 bridgehead atoms. The van der Waals surface area contributed by atoms with E-state index in [1.54, 1.807) is 0 Å². The average molecular weight is 162 g/mol. The van der Waals surface area contributed by atoms with Crippen LogP contribution in [0.4, 0.5) is 0 Å². The lowest BCUT2D eigenvalue weighted by molar-refractivity contribution is -0.147. The molecule has 0 fully saturated rings. The summed E-state index contributed by atoms with van der Waals surface area (Å²) in [5.74, 6) is -1.09. The summed E-state index contributed by atoms with van der Waals surface area (Å²) in [6.45, 7) is 1.98. The fraction of sp³-hybridized carbons (Fsp3) is 0.667. The van der Waals surface area contributed by atoms with Crippen molar-refractivity contribution >= 4 is 23.5 Å². The molecule has 0 aromatic rings. The highest BCUT2D eigenvalue weighted by Gasteiger charge is 2.09. The number of ketones is 1. The Hall–Kier alpha value is -0.510. The minimum absolute atomic E-state index is 0.100. The van der Waals surface area contributed by atoms with Crippen LogP contribution in [0.3, 0.4) is 0 Å². The van der Waals surface area contributed by atoms with Gasteiger partial charge in [0.15, 0.2) is 0 Å². The van der Waals surface area contributed by atoms with Gasteiger partial charge in [-0.1, -0.05) is 6.92 Å². The second-order valence-electron chi connectivity index (χ2n) is 1.78. The Balaban J connectivity index is 3.31. The van der Waals surface area contributed by atoms with Crippen LogP contribution in [0.1, 0.15) is 13.3 Å². The van der Waals surface area contributed by atoms with Crippen molar-refractivity contribution in [1.82, 2.24) is 0 Å². The van der Waals surface area contributed by atoms with Crippen molar-refractivity contribution in [2.75, 3.05) is 11.5 Å². The van der Waals surface area contributed by atoms with Crippen LogP contribution in [-0.4, -0.2) is 28.4 Å². The monoisotopic (exact) mass is 162 g/mol. The molecule has 0 saturated carbocycles. The van der Waals surface area contributed by atoms with E-state index in [2.05, 4.69) is 0 Å². The lowest BCUT2D eigenvalue weighted by Crippen LogP contribution is -2.14. The van der Waals surface area contributed by atoms with Gasteiger partial charge in [0.2, 0.25) is 5.78 Å². The Bertz CT molecular complexity index is 133. The second-order valence-corrected chi connectivity index (χ2v) is 2.89. The SMILES string of the molecule is CCCSCC(=O)C(=O)O. The highest BCUT2D eigenvalue weighted by atomic mass is 32.2. The van der Waals surface area contributed by atoms with Crippen LogP contribution in [0, 0.1) is 0 Å². The van der Waals surface area contributed by atoms with E-state index in [9.17, 15) is 9.59 Å². The minimum atomic E-state index is -1.33. The number of carbonyl (C=O) groups excluding carboxylic acids is 1. The van der Waals surface area contributed by atoms with Crippen molar-refractivity contribution in [1.29, 1.82) is 0 Å². The Morgan fingerprint density at radius 1 is 1.50 bits per heavy atom. The van der Waals surface area contributed by atoms with Gasteiger partial charge < -0.3 is 5.11 Å². The number of carbonyl (C=O) groups is 2. The van der Waals surface area contributed by atoms with E-state index in [0.29, 0.717) is 0 Å². The van der Waals surface area contributed by atoms with Crippen molar-refractivity contribution in [3.8, 4) is 0 Å². The van der Waals surface area contributed by atoms with Gasteiger partial charge in [-0.25, -0.2) is 4.79 Å². The zero-order valence-electron chi connectivity index (χ0n) is 5.79. The van der Waals surface area contributed by atoms with E-state index in [-0.39, 0.29) is 5.75 Å². The minimum Gasteiger partial charge on any atom is -0.475 e. The predicted octanol–water partition coefficient (Wildman–Crippen LogP) is 0.783. The Morgan fingerprint density at radius 3 is 2.50 bits per heavy atom. The largest absolute Gasteiger partial charge is 0.475 e. The maximum Gasteiger partial charge on any atom is 0.373 e. The molecule has 0 heterocycles. The van der Waals surface area contributed by atoms with Gasteiger partial charge in [0.05, 0.1) is 5.75 Å². The summed E-state index contributed by atoms with van der Waals surface area (Å²) in [4.78, 5) is 20.3. The lowest BCUT2D eigenvalue weighted by atomic mass is 10.5. The third-order valence-electron chi connectivity index (χ3n) is 0.820. The Labute approximate surface area is 63.8 Å². The molecule has 4 heteroatoms. The lowest BCUT2D eigenvalue weighted by Gasteiger charge is -1.92. The molecule has 0 aromatic heterocycles. The molecule has 0 unspecified atom stereocenters. The summed E-state index contributed by atoms with van der Waals surface area (Å²) in [6.07, 6.45) is 0.970. The first-order chi connectivity index (χ1) is 4.68. The summed E-state index contributed by atoms with van der Waals surface area (Å²) in [6, 6.07) is 0. The van der Waals surface area contributed by atoms with Crippen LogP contribution in [0.2, 0.25) is 0 Å². The highest BCUT2D eigenvalue weighted by Crippen LogP contribution is 2.01.